The summed E-state index contributed by atoms with van der Waals surface area (Å²) in [7, 11) is 0. The number of nitrogens with zero attached hydrogens (tertiary/aromatic N) is 2. The lowest BCUT2D eigenvalue weighted by Crippen LogP contribution is -2.43. The van der Waals surface area contributed by atoms with Crippen molar-refractivity contribution in [2.75, 3.05) is 5.43 Å². The average molecular weight is 335 g/mol. The van der Waals surface area contributed by atoms with E-state index in [1.807, 2.05) is 67.6 Å². The molecule has 1 unspecified atom stereocenters. The first kappa shape index (κ1) is 15.7. The molecule has 0 bridgehead atoms. The quantitative estimate of drug-likeness (QED) is 0.935. The third-order valence-corrected chi connectivity index (χ3v) is 5.00. The van der Waals surface area contributed by atoms with E-state index in [0.717, 1.165) is 11.3 Å². The summed E-state index contributed by atoms with van der Waals surface area (Å²) in [5, 5.41) is 1.65. The van der Waals surface area contributed by atoms with Gasteiger partial charge in [-0.05, 0) is 17.7 Å². The van der Waals surface area contributed by atoms with Crippen molar-refractivity contribution >= 4 is 17.5 Å². The van der Waals surface area contributed by atoms with Crippen molar-refractivity contribution in [2.24, 2.45) is 5.92 Å². The summed E-state index contributed by atoms with van der Waals surface area (Å²) in [4.78, 5) is 27.4. The maximum absolute atomic E-state index is 13.1. The van der Waals surface area contributed by atoms with Crippen molar-refractivity contribution < 1.29 is 9.59 Å². The normalized spacial score (nSPS) is 25.4. The number of hydrazine groups is 1. The molecule has 2 saturated heterocycles. The van der Waals surface area contributed by atoms with E-state index in [9.17, 15) is 9.59 Å². The van der Waals surface area contributed by atoms with Gasteiger partial charge in [-0.1, -0.05) is 55.5 Å². The molecular formula is C20H21N3O2. The fraction of sp³-hybridized carbons (Fsp3) is 0.300. The van der Waals surface area contributed by atoms with Gasteiger partial charge in [0.15, 0.2) is 0 Å². The van der Waals surface area contributed by atoms with Crippen molar-refractivity contribution in [1.82, 2.24) is 9.91 Å². The molecule has 3 atom stereocenters. The van der Waals surface area contributed by atoms with Gasteiger partial charge in [0.05, 0.1) is 5.69 Å². The highest BCUT2D eigenvalue weighted by molar-refractivity contribution is 5.94. The summed E-state index contributed by atoms with van der Waals surface area (Å²) >= 11 is 0. The minimum Gasteiger partial charge on any atom is -0.308 e. The van der Waals surface area contributed by atoms with Crippen molar-refractivity contribution in [2.45, 2.75) is 32.0 Å². The number of fused-ring (bicyclic) bond motifs is 1. The van der Waals surface area contributed by atoms with E-state index in [-0.39, 0.29) is 23.9 Å². The lowest BCUT2D eigenvalue weighted by Gasteiger charge is -2.28. The predicted octanol–water partition coefficient (Wildman–Crippen LogP) is 2.66. The summed E-state index contributed by atoms with van der Waals surface area (Å²) in [6.07, 6.45) is 0.798. The summed E-state index contributed by atoms with van der Waals surface area (Å²) in [5.74, 6) is 0.121. The van der Waals surface area contributed by atoms with Crippen LogP contribution in [0.5, 0.6) is 0 Å². The minimum atomic E-state index is -0.443. The van der Waals surface area contributed by atoms with Gasteiger partial charge in [0.1, 0.15) is 12.2 Å². The van der Waals surface area contributed by atoms with E-state index < -0.39 is 6.04 Å². The smallest absolute Gasteiger partial charge is 0.266 e. The molecule has 0 spiro atoms. The Kier molecular flexibility index (Phi) is 3.92. The van der Waals surface area contributed by atoms with E-state index in [1.165, 1.54) is 0 Å². The molecule has 25 heavy (non-hydrogen) atoms. The Bertz CT molecular complexity index is 778. The summed E-state index contributed by atoms with van der Waals surface area (Å²) in [5.41, 5.74) is 5.13. The number of benzene rings is 2. The number of carbonyl (C=O) groups excluding carboxylic acids is 2. The summed E-state index contributed by atoms with van der Waals surface area (Å²) < 4.78 is 0. The third kappa shape index (κ3) is 2.76. The van der Waals surface area contributed by atoms with Crippen LogP contribution in [0, 0.1) is 5.92 Å². The van der Waals surface area contributed by atoms with E-state index in [1.54, 1.807) is 9.91 Å². The summed E-state index contributed by atoms with van der Waals surface area (Å²) in [6.45, 7) is 2.03. The van der Waals surface area contributed by atoms with E-state index in [2.05, 4.69) is 5.43 Å². The molecule has 5 heteroatoms. The number of para-hydroxylation sites is 1. The molecule has 5 nitrogen and oxygen atoms in total. The van der Waals surface area contributed by atoms with Crippen LogP contribution in [-0.4, -0.2) is 33.9 Å². The first-order chi connectivity index (χ1) is 12.1. The van der Waals surface area contributed by atoms with Gasteiger partial charge in [-0.15, -0.1) is 0 Å². The molecule has 2 heterocycles. The molecule has 1 N–H and O–H groups in total. The monoisotopic (exact) mass is 335 g/mol. The largest absolute Gasteiger partial charge is 0.308 e. The fourth-order valence-corrected chi connectivity index (χ4v) is 3.85. The maximum atomic E-state index is 13.1. The van der Waals surface area contributed by atoms with Crippen LogP contribution in [0.3, 0.4) is 0 Å². The van der Waals surface area contributed by atoms with Gasteiger partial charge < -0.3 is 4.90 Å². The Morgan fingerprint density at radius 3 is 2.32 bits per heavy atom. The molecule has 0 aliphatic carbocycles. The lowest BCUT2D eigenvalue weighted by molar-refractivity contribution is -0.134. The van der Waals surface area contributed by atoms with Gasteiger partial charge in [-0.3, -0.25) is 15.0 Å². The molecule has 0 aromatic heterocycles. The summed E-state index contributed by atoms with van der Waals surface area (Å²) in [6, 6.07) is 19.0. The molecule has 2 amide bonds. The van der Waals surface area contributed by atoms with Crippen LogP contribution in [-0.2, 0) is 16.0 Å². The van der Waals surface area contributed by atoms with Crippen molar-refractivity contribution in [3.05, 3.63) is 66.2 Å². The van der Waals surface area contributed by atoms with Crippen LogP contribution in [0.25, 0.3) is 0 Å². The Morgan fingerprint density at radius 2 is 1.64 bits per heavy atom. The van der Waals surface area contributed by atoms with Gasteiger partial charge in [0.2, 0.25) is 5.91 Å². The number of anilines is 1. The Morgan fingerprint density at radius 1 is 1.00 bits per heavy atom. The van der Waals surface area contributed by atoms with E-state index >= 15 is 0 Å². The number of nitrogens with one attached hydrogen (secondary N) is 1. The highest BCUT2D eigenvalue weighted by atomic mass is 16.2. The molecule has 2 fully saturated rings. The van der Waals surface area contributed by atoms with Gasteiger partial charge in [0.25, 0.3) is 5.91 Å². The van der Waals surface area contributed by atoms with Crippen molar-refractivity contribution in [1.29, 1.82) is 0 Å². The van der Waals surface area contributed by atoms with E-state index in [0.29, 0.717) is 12.8 Å². The van der Waals surface area contributed by atoms with Crippen LogP contribution < -0.4 is 5.43 Å². The second-order valence-electron chi connectivity index (χ2n) is 6.79. The SMILES string of the molecule is C[C@H]1CC(=O)N2C1N(Nc1ccccc1)C(=O)[C@@H]2Cc1ccccc1. The molecule has 0 radical (unpaired) electrons. The molecule has 2 aromatic rings. The number of rotatable bonds is 4. The molecule has 0 saturated carbocycles. The number of hydrogen-bond acceptors (Lipinski definition) is 3. The zero-order valence-corrected chi connectivity index (χ0v) is 14.1. The first-order valence-electron chi connectivity index (χ1n) is 8.65. The van der Waals surface area contributed by atoms with Crippen molar-refractivity contribution in [3.63, 3.8) is 0 Å². The Balaban J connectivity index is 1.64. The van der Waals surface area contributed by atoms with Gasteiger partial charge in [0, 0.05) is 18.8 Å². The zero-order valence-electron chi connectivity index (χ0n) is 14.1. The average Bonchev–Trinajstić information content (AvgIpc) is 3.06. The first-order valence-corrected chi connectivity index (χ1v) is 8.65. The molecule has 128 valence electrons. The van der Waals surface area contributed by atoms with Crippen LogP contribution in [0.15, 0.2) is 60.7 Å². The Labute approximate surface area is 147 Å². The van der Waals surface area contributed by atoms with Crippen LogP contribution in [0.4, 0.5) is 5.69 Å². The number of amides is 2. The second kappa shape index (κ2) is 6.24. The highest BCUT2D eigenvalue weighted by Gasteiger charge is 2.54. The molecule has 2 aliphatic heterocycles. The molecule has 4 rings (SSSR count). The standard InChI is InChI=1S/C20H21N3O2/c1-14-12-18(24)22-17(13-15-8-4-2-5-9-15)20(25)23(19(14)22)21-16-10-6-3-7-11-16/h2-11,14,17,19,21H,12-13H2,1H3/t14-,17-,19?/m0/s1. The molecule has 2 aromatic carbocycles. The third-order valence-electron chi connectivity index (χ3n) is 5.00. The topological polar surface area (TPSA) is 52.7 Å². The number of hydrogen-bond donors (Lipinski definition) is 1. The highest BCUT2D eigenvalue weighted by Crippen LogP contribution is 2.37. The minimum absolute atomic E-state index is 0.0439. The Hall–Kier alpha value is -2.82. The van der Waals surface area contributed by atoms with Crippen LogP contribution in [0.2, 0.25) is 0 Å². The van der Waals surface area contributed by atoms with Crippen LogP contribution >= 0.6 is 0 Å². The lowest BCUT2D eigenvalue weighted by atomic mass is 10.1. The number of carbonyl (C=O) groups is 2. The molecular weight excluding hydrogens is 314 g/mol. The van der Waals surface area contributed by atoms with Crippen molar-refractivity contribution in [3.8, 4) is 0 Å². The van der Waals surface area contributed by atoms with Gasteiger partial charge in [-0.2, -0.15) is 0 Å². The van der Waals surface area contributed by atoms with Gasteiger partial charge in [-0.25, -0.2) is 5.01 Å². The second-order valence-corrected chi connectivity index (χ2v) is 6.79. The van der Waals surface area contributed by atoms with E-state index in [4.69, 9.17) is 0 Å². The van der Waals surface area contributed by atoms with Gasteiger partial charge >= 0.3 is 0 Å². The fourth-order valence-electron chi connectivity index (χ4n) is 3.85. The van der Waals surface area contributed by atoms with Crippen LogP contribution in [0.1, 0.15) is 18.9 Å². The predicted molar refractivity (Wildman–Crippen MR) is 95.3 cm³/mol. The molecule has 2 aliphatic rings. The maximum Gasteiger partial charge on any atom is 0.266 e. The zero-order chi connectivity index (χ0) is 17.4.